The Kier molecular flexibility index (Phi) is 7.05. The molecule has 4 nitrogen and oxygen atoms in total. The van der Waals surface area contributed by atoms with Crippen molar-refractivity contribution in [3.63, 3.8) is 0 Å². The summed E-state index contributed by atoms with van der Waals surface area (Å²) < 4.78 is 0. The van der Waals surface area contributed by atoms with E-state index in [9.17, 15) is 15.0 Å². The molecule has 3 unspecified atom stereocenters. The van der Waals surface area contributed by atoms with E-state index in [2.05, 4.69) is 27.7 Å². The van der Waals surface area contributed by atoms with Gasteiger partial charge >= 0.3 is 5.97 Å². The summed E-state index contributed by atoms with van der Waals surface area (Å²) in [6.07, 6.45) is 9.67. The smallest absolute Gasteiger partial charge is 0.303 e. The first kappa shape index (κ1) is 23.1. The molecule has 3 aliphatic carbocycles. The van der Waals surface area contributed by atoms with E-state index in [1.807, 2.05) is 0 Å². The van der Waals surface area contributed by atoms with Crippen molar-refractivity contribution in [3.8, 4) is 0 Å². The normalized spacial score (nSPS) is 43.8. The third kappa shape index (κ3) is 4.69. The summed E-state index contributed by atoms with van der Waals surface area (Å²) in [5.41, 5.74) is 0.359. The maximum Gasteiger partial charge on any atom is 0.303 e. The summed E-state index contributed by atoms with van der Waals surface area (Å²) in [6.45, 7) is 9.42. The van der Waals surface area contributed by atoms with Crippen LogP contribution in [0.1, 0.15) is 98.3 Å². The number of aliphatic hydroxyl groups is 2. The van der Waals surface area contributed by atoms with E-state index in [0.717, 1.165) is 44.9 Å². The second-order valence-corrected chi connectivity index (χ2v) is 11.6. The maximum atomic E-state index is 11.3. The van der Waals surface area contributed by atoms with Crippen molar-refractivity contribution < 1.29 is 20.1 Å². The van der Waals surface area contributed by atoms with Gasteiger partial charge in [-0.2, -0.15) is 0 Å². The third-order valence-electron chi connectivity index (χ3n) is 9.51. The highest BCUT2D eigenvalue weighted by atomic mass is 16.4. The van der Waals surface area contributed by atoms with Crippen molar-refractivity contribution in [1.82, 2.24) is 0 Å². The second kappa shape index (κ2) is 8.86. The molecule has 3 rings (SSSR count). The van der Waals surface area contributed by atoms with Crippen LogP contribution < -0.4 is 0 Å². The molecular formula is C25H44O4. The average molecular weight is 409 g/mol. The molecule has 3 fully saturated rings. The molecule has 29 heavy (non-hydrogen) atoms. The van der Waals surface area contributed by atoms with Crippen molar-refractivity contribution in [2.45, 2.75) is 111 Å². The molecule has 0 heterocycles. The Balaban J connectivity index is 1.84. The van der Waals surface area contributed by atoms with Gasteiger partial charge in [-0.25, -0.2) is 0 Å². The fourth-order valence-electron chi connectivity index (χ4n) is 7.79. The van der Waals surface area contributed by atoms with Gasteiger partial charge in [-0.3, -0.25) is 4.79 Å². The molecule has 0 radical (unpaired) electrons. The van der Waals surface area contributed by atoms with Gasteiger partial charge in [-0.15, -0.1) is 0 Å². The van der Waals surface area contributed by atoms with E-state index in [0.29, 0.717) is 29.6 Å². The number of rotatable bonds is 4. The summed E-state index contributed by atoms with van der Waals surface area (Å²) in [7, 11) is 0. The van der Waals surface area contributed by atoms with Gasteiger partial charge in [0.1, 0.15) is 0 Å². The number of hydrogen-bond donors (Lipinski definition) is 3. The van der Waals surface area contributed by atoms with E-state index >= 15 is 0 Å². The largest absolute Gasteiger partial charge is 0.481 e. The van der Waals surface area contributed by atoms with Crippen LogP contribution in [0.25, 0.3) is 0 Å². The molecule has 0 amide bonds. The van der Waals surface area contributed by atoms with Crippen LogP contribution in [0.15, 0.2) is 0 Å². The maximum absolute atomic E-state index is 11.3. The molecule has 3 saturated carbocycles. The fraction of sp³-hybridized carbons (Fsp3) is 0.960. The summed E-state index contributed by atoms with van der Waals surface area (Å²) in [5.74, 6) is 1.70. The lowest BCUT2D eigenvalue weighted by Gasteiger charge is -2.55. The second-order valence-electron chi connectivity index (χ2n) is 11.6. The van der Waals surface area contributed by atoms with Crippen molar-refractivity contribution in [1.29, 1.82) is 0 Å². The minimum Gasteiger partial charge on any atom is -0.481 e. The number of fused-ring (bicyclic) bond motifs is 3. The molecule has 0 bridgehead atoms. The van der Waals surface area contributed by atoms with Crippen LogP contribution >= 0.6 is 0 Å². The predicted octanol–water partition coefficient (Wildman–Crippen LogP) is 5.26. The monoisotopic (exact) mass is 408 g/mol. The summed E-state index contributed by atoms with van der Waals surface area (Å²) in [4.78, 5) is 11.1. The van der Waals surface area contributed by atoms with Gasteiger partial charge in [0.05, 0.1) is 12.2 Å². The Labute approximate surface area is 177 Å². The molecular weight excluding hydrogens is 364 g/mol. The van der Waals surface area contributed by atoms with Crippen LogP contribution in [0.2, 0.25) is 0 Å². The zero-order chi connectivity index (χ0) is 21.4. The molecule has 8 atom stereocenters. The van der Waals surface area contributed by atoms with Crippen molar-refractivity contribution in [3.05, 3.63) is 0 Å². The fourth-order valence-corrected chi connectivity index (χ4v) is 7.79. The van der Waals surface area contributed by atoms with Gasteiger partial charge in [-0.05, 0) is 105 Å². The Bertz CT molecular complexity index is 573. The van der Waals surface area contributed by atoms with Crippen molar-refractivity contribution in [2.24, 2.45) is 40.4 Å². The Hall–Kier alpha value is -0.610. The summed E-state index contributed by atoms with van der Waals surface area (Å²) in [6, 6.07) is 0. The van der Waals surface area contributed by atoms with E-state index in [-0.39, 0.29) is 29.5 Å². The number of carboxylic acid groups (broad SMARTS) is 1. The molecule has 0 aromatic heterocycles. The molecule has 3 N–H and O–H groups in total. The minimum absolute atomic E-state index is 0.137. The number of carboxylic acids is 1. The number of aliphatic hydroxyl groups excluding tert-OH is 2. The first-order valence-electron chi connectivity index (χ1n) is 12.1. The van der Waals surface area contributed by atoms with Gasteiger partial charge in [0.15, 0.2) is 0 Å². The lowest BCUT2D eigenvalue weighted by Crippen LogP contribution is -2.51. The minimum atomic E-state index is -0.688. The lowest BCUT2D eigenvalue weighted by atomic mass is 9.50. The molecule has 0 aromatic rings. The van der Waals surface area contributed by atoms with E-state index in [1.165, 1.54) is 19.3 Å². The first-order chi connectivity index (χ1) is 13.6. The van der Waals surface area contributed by atoms with Crippen LogP contribution in [0.5, 0.6) is 0 Å². The van der Waals surface area contributed by atoms with E-state index in [1.54, 1.807) is 0 Å². The highest BCUT2D eigenvalue weighted by Crippen LogP contribution is 2.64. The van der Waals surface area contributed by atoms with Gasteiger partial charge in [0, 0.05) is 6.42 Å². The topological polar surface area (TPSA) is 77.8 Å². The van der Waals surface area contributed by atoms with Crippen LogP contribution in [0.4, 0.5) is 0 Å². The molecule has 0 spiro atoms. The first-order valence-corrected chi connectivity index (χ1v) is 12.1. The number of aliphatic carboxylic acids is 1. The Morgan fingerprint density at radius 2 is 1.69 bits per heavy atom. The molecule has 4 heteroatoms. The zero-order valence-corrected chi connectivity index (χ0v) is 19.1. The lowest BCUT2D eigenvalue weighted by molar-refractivity contribution is -0.137. The van der Waals surface area contributed by atoms with Gasteiger partial charge < -0.3 is 15.3 Å². The standard InChI is InChI=1S/C25H44O4/c1-16(8-11-22(28)29)18-9-10-20-23-19(13-15-25(18,20)4)24(2,3)14-12-17(26)6-5-7-21(23)27/h16-21,23,26-27H,5-15H2,1-4H3,(H,28,29)/t16-,17+,18-,19?,20?,21-,23?,25-/m1/s1. The Morgan fingerprint density at radius 3 is 2.38 bits per heavy atom. The van der Waals surface area contributed by atoms with Crippen molar-refractivity contribution in [2.75, 3.05) is 0 Å². The molecule has 168 valence electrons. The number of hydrogen-bond acceptors (Lipinski definition) is 3. The zero-order valence-electron chi connectivity index (χ0n) is 19.1. The highest BCUT2D eigenvalue weighted by molar-refractivity contribution is 5.66. The van der Waals surface area contributed by atoms with Crippen LogP contribution in [-0.2, 0) is 4.79 Å². The van der Waals surface area contributed by atoms with E-state index < -0.39 is 5.97 Å². The Morgan fingerprint density at radius 1 is 0.966 bits per heavy atom. The van der Waals surface area contributed by atoms with Crippen LogP contribution in [0.3, 0.4) is 0 Å². The van der Waals surface area contributed by atoms with Gasteiger partial charge in [-0.1, -0.05) is 27.7 Å². The molecule has 3 aliphatic rings. The SMILES string of the molecule is C[C@H](CCC(=O)O)[C@H]1CCC2C3C(CC[C@@]21C)C(C)(C)CC[C@@H](O)CCC[C@H]3O. The quantitative estimate of drug-likeness (QED) is 0.593. The highest BCUT2D eigenvalue weighted by Gasteiger charge is 2.58. The molecule has 0 aromatic carbocycles. The summed E-state index contributed by atoms with van der Waals surface area (Å²) in [5, 5.41) is 30.8. The van der Waals surface area contributed by atoms with Crippen molar-refractivity contribution >= 4 is 5.97 Å². The molecule has 0 saturated heterocycles. The predicted molar refractivity (Wildman–Crippen MR) is 115 cm³/mol. The molecule has 0 aliphatic heterocycles. The average Bonchev–Trinajstić information content (AvgIpc) is 3.00. The van der Waals surface area contributed by atoms with Gasteiger partial charge in [0.2, 0.25) is 0 Å². The summed E-state index contributed by atoms with van der Waals surface area (Å²) >= 11 is 0. The van der Waals surface area contributed by atoms with Gasteiger partial charge in [0.25, 0.3) is 0 Å². The third-order valence-corrected chi connectivity index (χ3v) is 9.51. The van der Waals surface area contributed by atoms with Crippen LogP contribution in [-0.4, -0.2) is 33.5 Å². The van der Waals surface area contributed by atoms with E-state index in [4.69, 9.17) is 5.11 Å². The number of carbonyl (C=O) groups is 1. The van der Waals surface area contributed by atoms with Crippen LogP contribution in [0, 0.1) is 40.4 Å².